The fraction of sp³-hybridized carbons (Fsp3) is 0.360. The molecule has 0 saturated heterocycles. The van der Waals surface area contributed by atoms with Crippen molar-refractivity contribution in [1.82, 2.24) is 10.6 Å². The molecule has 2 rings (SSSR count). The number of aliphatic imine (C=N–C) groups is 1. The van der Waals surface area contributed by atoms with E-state index in [0.717, 1.165) is 5.56 Å². The summed E-state index contributed by atoms with van der Waals surface area (Å²) in [5, 5.41) is 4.69. The lowest BCUT2D eigenvalue weighted by Crippen LogP contribution is -2.46. The Morgan fingerprint density at radius 3 is 2.09 bits per heavy atom. The SMILES string of the molecule is CC(C)(C)OC(=O)/N=C(\NC(=O)OC(C)(C)C)NC(=O)c1cccc(OCc2ccccc2)c1. The summed E-state index contributed by atoms with van der Waals surface area (Å²) in [6.45, 7) is 10.4. The van der Waals surface area contributed by atoms with Gasteiger partial charge in [0.05, 0.1) is 0 Å². The Morgan fingerprint density at radius 1 is 0.824 bits per heavy atom. The molecule has 9 heteroatoms. The zero-order valence-electron chi connectivity index (χ0n) is 20.3. The molecule has 0 aliphatic rings. The molecule has 0 fully saturated rings. The third-order valence-corrected chi connectivity index (χ3v) is 3.79. The second-order valence-electron chi connectivity index (χ2n) is 9.32. The van der Waals surface area contributed by atoms with Gasteiger partial charge in [-0.2, -0.15) is 0 Å². The first-order chi connectivity index (χ1) is 15.8. The van der Waals surface area contributed by atoms with Crippen molar-refractivity contribution in [1.29, 1.82) is 0 Å². The summed E-state index contributed by atoms with van der Waals surface area (Å²) < 4.78 is 16.1. The Morgan fingerprint density at radius 2 is 1.47 bits per heavy atom. The zero-order chi connectivity index (χ0) is 25.4. The molecule has 0 radical (unpaired) electrons. The first kappa shape index (κ1) is 26.4. The van der Waals surface area contributed by atoms with Gasteiger partial charge in [0, 0.05) is 5.56 Å². The molecule has 0 heterocycles. The minimum absolute atomic E-state index is 0.230. The maximum absolute atomic E-state index is 12.8. The standard InChI is InChI=1S/C25H31N3O6/c1-24(2,3)33-22(30)27-21(28-23(31)34-25(4,5)6)26-20(29)18-13-10-14-19(15-18)32-16-17-11-8-7-9-12-17/h7-15H,16H2,1-6H3,(H2,26,27,28,29,30,31). The van der Waals surface area contributed by atoms with Gasteiger partial charge in [-0.25, -0.2) is 9.59 Å². The smallest absolute Gasteiger partial charge is 0.437 e. The van der Waals surface area contributed by atoms with Crippen LogP contribution in [0.25, 0.3) is 0 Å². The van der Waals surface area contributed by atoms with Crippen molar-refractivity contribution >= 4 is 24.1 Å². The number of nitrogens with zero attached hydrogens (tertiary/aromatic N) is 1. The molecule has 2 aromatic rings. The number of carbonyl (C=O) groups excluding carboxylic acids is 3. The molecular formula is C25H31N3O6. The van der Waals surface area contributed by atoms with Crippen LogP contribution in [0, 0.1) is 0 Å². The first-order valence-electron chi connectivity index (χ1n) is 10.7. The molecule has 0 aliphatic heterocycles. The molecule has 0 atom stereocenters. The summed E-state index contributed by atoms with van der Waals surface area (Å²) in [4.78, 5) is 40.8. The van der Waals surface area contributed by atoms with Crippen molar-refractivity contribution in [2.45, 2.75) is 59.4 Å². The van der Waals surface area contributed by atoms with Gasteiger partial charge in [-0.05, 0) is 65.3 Å². The van der Waals surface area contributed by atoms with E-state index < -0.39 is 35.3 Å². The molecule has 0 aromatic heterocycles. The van der Waals surface area contributed by atoms with Crippen LogP contribution < -0.4 is 15.4 Å². The minimum atomic E-state index is -0.987. The van der Waals surface area contributed by atoms with Gasteiger partial charge < -0.3 is 14.2 Å². The van der Waals surface area contributed by atoms with Gasteiger partial charge in [-0.3, -0.25) is 15.4 Å². The molecule has 0 saturated carbocycles. The van der Waals surface area contributed by atoms with E-state index in [2.05, 4.69) is 15.6 Å². The van der Waals surface area contributed by atoms with Gasteiger partial charge >= 0.3 is 12.2 Å². The van der Waals surface area contributed by atoms with Crippen LogP contribution in [0.15, 0.2) is 59.6 Å². The van der Waals surface area contributed by atoms with Crippen LogP contribution >= 0.6 is 0 Å². The molecule has 0 bridgehead atoms. The molecule has 0 spiro atoms. The summed E-state index contributed by atoms with van der Waals surface area (Å²) >= 11 is 0. The monoisotopic (exact) mass is 469 g/mol. The topological polar surface area (TPSA) is 115 Å². The number of benzene rings is 2. The number of alkyl carbamates (subject to hydrolysis) is 1. The fourth-order valence-corrected chi connectivity index (χ4v) is 2.51. The molecule has 2 aromatic carbocycles. The van der Waals surface area contributed by atoms with E-state index in [1.54, 1.807) is 59.7 Å². The zero-order valence-corrected chi connectivity index (χ0v) is 20.3. The van der Waals surface area contributed by atoms with E-state index >= 15 is 0 Å². The Labute approximate surface area is 199 Å². The van der Waals surface area contributed by atoms with Crippen molar-refractivity contribution in [3.05, 3.63) is 65.7 Å². The summed E-state index contributed by atoms with van der Waals surface area (Å²) in [6.07, 6.45) is -1.88. The van der Waals surface area contributed by atoms with Crippen molar-refractivity contribution in [3.8, 4) is 5.75 Å². The molecule has 0 aliphatic carbocycles. The largest absolute Gasteiger partial charge is 0.489 e. The average molecular weight is 470 g/mol. The Hall–Kier alpha value is -3.88. The molecule has 182 valence electrons. The van der Waals surface area contributed by atoms with Gasteiger partial charge in [-0.15, -0.1) is 4.99 Å². The molecule has 3 amide bonds. The van der Waals surface area contributed by atoms with E-state index in [1.165, 1.54) is 6.07 Å². The molecular weight excluding hydrogens is 438 g/mol. The lowest BCUT2D eigenvalue weighted by atomic mass is 10.2. The highest BCUT2D eigenvalue weighted by Gasteiger charge is 2.21. The highest BCUT2D eigenvalue weighted by atomic mass is 16.6. The number of guanidine groups is 1. The Balaban J connectivity index is 2.15. The van der Waals surface area contributed by atoms with E-state index in [-0.39, 0.29) is 5.56 Å². The van der Waals surface area contributed by atoms with Crippen LogP contribution in [-0.4, -0.2) is 35.3 Å². The first-order valence-corrected chi connectivity index (χ1v) is 10.7. The van der Waals surface area contributed by atoms with Crippen LogP contribution in [0.3, 0.4) is 0 Å². The summed E-state index contributed by atoms with van der Waals surface area (Å²) in [7, 11) is 0. The van der Waals surface area contributed by atoms with Gasteiger partial charge in [0.1, 0.15) is 23.6 Å². The molecule has 2 N–H and O–H groups in total. The van der Waals surface area contributed by atoms with Crippen LogP contribution in [0.1, 0.15) is 57.5 Å². The van der Waals surface area contributed by atoms with E-state index in [9.17, 15) is 14.4 Å². The second kappa shape index (κ2) is 11.3. The number of nitrogens with one attached hydrogen (secondary N) is 2. The molecule has 9 nitrogen and oxygen atoms in total. The number of amides is 3. The van der Waals surface area contributed by atoms with E-state index in [1.807, 2.05) is 30.3 Å². The Kier molecular flexibility index (Phi) is 8.77. The lowest BCUT2D eigenvalue weighted by Gasteiger charge is -2.21. The minimum Gasteiger partial charge on any atom is -0.489 e. The van der Waals surface area contributed by atoms with Crippen molar-refractivity contribution in [2.75, 3.05) is 0 Å². The molecule has 34 heavy (non-hydrogen) atoms. The van der Waals surface area contributed by atoms with E-state index in [4.69, 9.17) is 14.2 Å². The highest BCUT2D eigenvalue weighted by Crippen LogP contribution is 2.15. The van der Waals surface area contributed by atoms with Crippen LogP contribution in [-0.2, 0) is 16.1 Å². The number of hydrogen-bond acceptors (Lipinski definition) is 6. The summed E-state index contributed by atoms with van der Waals surface area (Å²) in [6, 6.07) is 16.1. The van der Waals surface area contributed by atoms with Crippen LogP contribution in [0.2, 0.25) is 0 Å². The van der Waals surface area contributed by atoms with Crippen molar-refractivity contribution in [3.63, 3.8) is 0 Å². The number of carbonyl (C=O) groups is 3. The van der Waals surface area contributed by atoms with Gasteiger partial charge in [-0.1, -0.05) is 36.4 Å². The van der Waals surface area contributed by atoms with Crippen LogP contribution in [0.5, 0.6) is 5.75 Å². The average Bonchev–Trinajstić information content (AvgIpc) is 2.70. The quantitative estimate of drug-likeness (QED) is 0.490. The number of rotatable bonds is 4. The van der Waals surface area contributed by atoms with Crippen molar-refractivity contribution in [2.24, 2.45) is 4.99 Å². The van der Waals surface area contributed by atoms with E-state index in [0.29, 0.717) is 12.4 Å². The fourth-order valence-electron chi connectivity index (χ4n) is 2.51. The number of hydrogen-bond donors (Lipinski definition) is 2. The lowest BCUT2D eigenvalue weighted by molar-refractivity contribution is 0.0561. The third kappa shape index (κ3) is 10.2. The predicted molar refractivity (Wildman–Crippen MR) is 128 cm³/mol. The normalized spacial score (nSPS) is 11.9. The third-order valence-electron chi connectivity index (χ3n) is 3.79. The molecule has 0 unspecified atom stereocenters. The summed E-state index contributed by atoms with van der Waals surface area (Å²) in [5.74, 6) is -0.574. The van der Waals surface area contributed by atoms with Gasteiger partial charge in [0.2, 0.25) is 5.96 Å². The van der Waals surface area contributed by atoms with Gasteiger partial charge in [0.15, 0.2) is 0 Å². The Bertz CT molecular complexity index is 1040. The summed E-state index contributed by atoms with van der Waals surface area (Å²) in [5.41, 5.74) is -0.402. The predicted octanol–water partition coefficient (Wildman–Crippen LogP) is 4.81. The highest BCUT2D eigenvalue weighted by molar-refractivity contribution is 6.11. The van der Waals surface area contributed by atoms with Gasteiger partial charge in [0.25, 0.3) is 5.91 Å². The van der Waals surface area contributed by atoms with Crippen molar-refractivity contribution < 1.29 is 28.6 Å². The van der Waals surface area contributed by atoms with Crippen LogP contribution in [0.4, 0.5) is 9.59 Å². The maximum atomic E-state index is 12.8. The second-order valence-corrected chi connectivity index (χ2v) is 9.32. The maximum Gasteiger partial charge on any atom is 0.437 e. The number of ether oxygens (including phenoxy) is 3.